The van der Waals surface area contributed by atoms with E-state index in [2.05, 4.69) is 20.8 Å². The molecule has 0 aliphatic carbocycles. The average Bonchev–Trinajstić information content (AvgIpc) is 2.16. The summed E-state index contributed by atoms with van der Waals surface area (Å²) < 4.78 is 11.3. The molecule has 1 aromatic carbocycles. The van der Waals surface area contributed by atoms with Crippen LogP contribution in [0, 0.1) is 5.41 Å². The van der Waals surface area contributed by atoms with Crippen molar-refractivity contribution in [2.75, 3.05) is 7.11 Å². The molecule has 84 valence electrons. The van der Waals surface area contributed by atoms with Crippen LogP contribution in [0.15, 0.2) is 30.3 Å². The van der Waals surface area contributed by atoms with Gasteiger partial charge >= 0.3 is 9.28 Å². The van der Waals surface area contributed by atoms with Crippen LogP contribution in [0.4, 0.5) is 0 Å². The predicted molar refractivity (Wildman–Crippen MR) is 65.5 cm³/mol. The standard InChI is InChI=1S/C12H20O2Si/c1-12(2,3)10-15(13-4)14-11-8-6-5-7-9-11/h5-9,15H,10H2,1-4H3. The van der Waals surface area contributed by atoms with Gasteiger partial charge in [0.15, 0.2) is 0 Å². The third-order valence-corrected chi connectivity index (χ3v) is 4.67. The smallest absolute Gasteiger partial charge is 0.382 e. The van der Waals surface area contributed by atoms with E-state index in [1.807, 2.05) is 30.3 Å². The van der Waals surface area contributed by atoms with Crippen LogP contribution in [0.3, 0.4) is 0 Å². The van der Waals surface area contributed by atoms with Crippen LogP contribution in [0.5, 0.6) is 5.75 Å². The van der Waals surface area contributed by atoms with E-state index in [1.165, 1.54) is 0 Å². The molecule has 0 spiro atoms. The highest BCUT2D eigenvalue weighted by Crippen LogP contribution is 2.23. The maximum atomic E-state index is 5.86. The first kappa shape index (κ1) is 12.3. The second-order valence-corrected chi connectivity index (χ2v) is 6.84. The van der Waals surface area contributed by atoms with Crippen molar-refractivity contribution in [2.24, 2.45) is 5.41 Å². The minimum absolute atomic E-state index is 0.266. The van der Waals surface area contributed by atoms with Crippen LogP contribution < -0.4 is 4.43 Å². The summed E-state index contributed by atoms with van der Waals surface area (Å²) in [5.41, 5.74) is 0.266. The molecule has 1 unspecified atom stereocenters. The summed E-state index contributed by atoms with van der Waals surface area (Å²) in [6, 6.07) is 10.9. The van der Waals surface area contributed by atoms with Gasteiger partial charge in [-0.15, -0.1) is 0 Å². The summed E-state index contributed by atoms with van der Waals surface area (Å²) in [5.74, 6) is 0.917. The maximum Gasteiger partial charge on any atom is 0.382 e. The Morgan fingerprint density at radius 1 is 1.13 bits per heavy atom. The molecule has 0 saturated heterocycles. The van der Waals surface area contributed by atoms with E-state index in [0.29, 0.717) is 0 Å². The van der Waals surface area contributed by atoms with Crippen molar-refractivity contribution in [3.63, 3.8) is 0 Å². The molecular formula is C12H20O2Si. The monoisotopic (exact) mass is 224 g/mol. The normalized spacial score (nSPS) is 13.6. The van der Waals surface area contributed by atoms with Crippen molar-refractivity contribution in [3.05, 3.63) is 30.3 Å². The predicted octanol–water partition coefficient (Wildman–Crippen LogP) is 2.98. The Labute approximate surface area is 94.1 Å². The van der Waals surface area contributed by atoms with Crippen LogP contribution >= 0.6 is 0 Å². The minimum Gasteiger partial charge on any atom is -0.522 e. The minimum atomic E-state index is -1.56. The molecule has 0 heterocycles. The van der Waals surface area contributed by atoms with Crippen LogP contribution in [0.25, 0.3) is 0 Å². The van der Waals surface area contributed by atoms with Gasteiger partial charge in [-0.3, -0.25) is 0 Å². The number of hydrogen-bond acceptors (Lipinski definition) is 2. The van der Waals surface area contributed by atoms with Gasteiger partial charge in [0, 0.05) is 13.2 Å². The molecule has 0 radical (unpaired) electrons. The molecule has 3 heteroatoms. The van der Waals surface area contributed by atoms with E-state index in [4.69, 9.17) is 8.85 Å². The van der Waals surface area contributed by atoms with Gasteiger partial charge in [0.25, 0.3) is 0 Å². The Bertz CT molecular complexity index is 279. The lowest BCUT2D eigenvalue weighted by Crippen LogP contribution is -2.29. The van der Waals surface area contributed by atoms with Crippen LogP contribution in [0.2, 0.25) is 6.04 Å². The molecule has 2 nitrogen and oxygen atoms in total. The lowest BCUT2D eigenvalue weighted by Gasteiger charge is -2.23. The van der Waals surface area contributed by atoms with Crippen molar-refractivity contribution in [1.29, 1.82) is 0 Å². The Hall–Kier alpha value is -0.803. The van der Waals surface area contributed by atoms with Gasteiger partial charge < -0.3 is 8.85 Å². The van der Waals surface area contributed by atoms with Gasteiger partial charge in [0.2, 0.25) is 0 Å². The zero-order chi connectivity index (χ0) is 11.3. The summed E-state index contributed by atoms with van der Waals surface area (Å²) in [4.78, 5) is 0. The highest BCUT2D eigenvalue weighted by Gasteiger charge is 2.22. The molecule has 0 aliphatic heterocycles. The molecule has 0 N–H and O–H groups in total. The zero-order valence-corrected chi connectivity index (χ0v) is 11.1. The Morgan fingerprint density at radius 2 is 1.73 bits per heavy atom. The molecule has 15 heavy (non-hydrogen) atoms. The van der Waals surface area contributed by atoms with Crippen molar-refractivity contribution in [2.45, 2.75) is 26.8 Å². The van der Waals surface area contributed by atoms with E-state index in [-0.39, 0.29) is 5.41 Å². The number of rotatable bonds is 4. The first-order chi connectivity index (χ1) is 7.01. The van der Waals surface area contributed by atoms with Gasteiger partial charge in [-0.1, -0.05) is 39.0 Å². The van der Waals surface area contributed by atoms with Crippen molar-refractivity contribution in [3.8, 4) is 5.75 Å². The van der Waals surface area contributed by atoms with Crippen molar-refractivity contribution >= 4 is 9.28 Å². The molecule has 0 aromatic heterocycles. The lowest BCUT2D eigenvalue weighted by atomic mass is 10.0. The largest absolute Gasteiger partial charge is 0.522 e. The molecule has 0 aliphatic rings. The fourth-order valence-electron chi connectivity index (χ4n) is 1.32. The average molecular weight is 224 g/mol. The van der Waals surface area contributed by atoms with Crippen molar-refractivity contribution < 1.29 is 8.85 Å². The van der Waals surface area contributed by atoms with Gasteiger partial charge in [-0.2, -0.15) is 0 Å². The lowest BCUT2D eigenvalue weighted by molar-refractivity contribution is 0.307. The highest BCUT2D eigenvalue weighted by atomic mass is 28.3. The second kappa shape index (κ2) is 5.33. The summed E-state index contributed by atoms with van der Waals surface area (Å²) in [6.07, 6.45) is 0. The van der Waals surface area contributed by atoms with E-state index in [0.717, 1.165) is 11.8 Å². The summed E-state index contributed by atoms with van der Waals surface area (Å²) in [5, 5.41) is 0. The van der Waals surface area contributed by atoms with E-state index in [9.17, 15) is 0 Å². The van der Waals surface area contributed by atoms with Crippen molar-refractivity contribution in [1.82, 2.24) is 0 Å². The summed E-state index contributed by atoms with van der Waals surface area (Å²) >= 11 is 0. The van der Waals surface area contributed by atoms with Gasteiger partial charge in [-0.05, 0) is 17.5 Å². The van der Waals surface area contributed by atoms with Crippen LogP contribution in [-0.4, -0.2) is 16.4 Å². The first-order valence-electron chi connectivity index (χ1n) is 5.26. The van der Waals surface area contributed by atoms with Gasteiger partial charge in [0.1, 0.15) is 5.75 Å². The Kier molecular flexibility index (Phi) is 4.36. The second-order valence-electron chi connectivity index (χ2n) is 4.86. The van der Waals surface area contributed by atoms with E-state index < -0.39 is 9.28 Å². The topological polar surface area (TPSA) is 18.5 Å². The number of para-hydroxylation sites is 1. The maximum absolute atomic E-state index is 5.86. The van der Waals surface area contributed by atoms with E-state index >= 15 is 0 Å². The first-order valence-corrected chi connectivity index (χ1v) is 7.02. The summed E-state index contributed by atoms with van der Waals surface area (Å²) in [6.45, 7) is 6.63. The Balaban J connectivity index is 2.55. The third-order valence-electron chi connectivity index (χ3n) is 2.05. The van der Waals surface area contributed by atoms with Gasteiger partial charge in [0.05, 0.1) is 0 Å². The molecular weight excluding hydrogens is 204 g/mol. The molecule has 1 rings (SSSR count). The molecule has 1 aromatic rings. The summed E-state index contributed by atoms with van der Waals surface area (Å²) in [7, 11) is 0.177. The van der Waals surface area contributed by atoms with E-state index in [1.54, 1.807) is 7.11 Å². The van der Waals surface area contributed by atoms with Crippen LogP contribution in [0.1, 0.15) is 20.8 Å². The Morgan fingerprint density at radius 3 is 2.20 bits per heavy atom. The molecule has 1 atom stereocenters. The number of benzene rings is 1. The molecule has 0 amide bonds. The molecule has 0 bridgehead atoms. The highest BCUT2D eigenvalue weighted by molar-refractivity contribution is 6.45. The third kappa shape index (κ3) is 5.00. The SMILES string of the molecule is CO[SiH](CC(C)(C)C)Oc1ccccc1. The molecule has 0 fully saturated rings. The van der Waals surface area contributed by atoms with Gasteiger partial charge in [-0.25, -0.2) is 0 Å². The zero-order valence-electron chi connectivity index (χ0n) is 9.99. The fraction of sp³-hybridized carbons (Fsp3) is 0.500. The fourth-order valence-corrected chi connectivity index (χ4v) is 3.13. The number of hydrogen-bond donors (Lipinski definition) is 0. The quantitative estimate of drug-likeness (QED) is 0.732. The van der Waals surface area contributed by atoms with Crippen LogP contribution in [-0.2, 0) is 4.43 Å². The molecule has 0 saturated carbocycles.